The Labute approximate surface area is 129 Å². The van der Waals surface area contributed by atoms with E-state index in [2.05, 4.69) is 5.32 Å². The first-order valence-corrected chi connectivity index (χ1v) is 5.84. The van der Waals surface area contributed by atoms with Crippen molar-refractivity contribution in [2.45, 2.75) is 12.5 Å². The van der Waals surface area contributed by atoms with Gasteiger partial charge in [-0.3, -0.25) is 0 Å². The van der Waals surface area contributed by atoms with Crippen molar-refractivity contribution in [2.75, 3.05) is 6.61 Å². The molecule has 1 aromatic rings. The van der Waals surface area contributed by atoms with Gasteiger partial charge in [-0.25, -0.2) is 12.1 Å². The van der Waals surface area contributed by atoms with E-state index >= 15 is 0 Å². The van der Waals surface area contributed by atoms with Gasteiger partial charge in [-0.15, -0.1) is 0 Å². The summed E-state index contributed by atoms with van der Waals surface area (Å²) in [5.74, 6) is -0.354. The van der Waals surface area contributed by atoms with Crippen molar-refractivity contribution in [3.05, 3.63) is 66.1 Å². The van der Waals surface area contributed by atoms with Gasteiger partial charge in [0, 0.05) is 0 Å². The first-order chi connectivity index (χ1) is 9.11. The van der Waals surface area contributed by atoms with Gasteiger partial charge in [0.25, 0.3) is 0 Å². The minimum Gasteiger partial charge on any atom is -0.860 e. The molecule has 1 atom stereocenters. The average Bonchev–Trinajstić information content (AvgIpc) is 3.13. The second-order valence-electron chi connectivity index (χ2n) is 4.19. The van der Waals surface area contributed by atoms with Gasteiger partial charge < -0.3 is 15.5 Å². The number of rotatable bonds is 3. The molecule has 0 spiro atoms. The summed E-state index contributed by atoms with van der Waals surface area (Å²) in [6.45, 7) is 1.06. The molecule has 0 saturated heterocycles. The summed E-state index contributed by atoms with van der Waals surface area (Å²) < 4.78 is 0. The SMILES string of the molecule is CC(C#N)(CO)NC([O-])=C1C=CC=C1.[Fe+2].c1cc[cH-]c1. The number of aliphatic hydroxyl groups excluding tert-OH is 1. The number of hydrogen-bond donors (Lipinski definition) is 2. The van der Waals surface area contributed by atoms with Gasteiger partial charge >= 0.3 is 17.1 Å². The Hall–Kier alpha value is -1.86. The van der Waals surface area contributed by atoms with Gasteiger partial charge in [0.05, 0.1) is 12.7 Å². The molecule has 2 N–H and O–H groups in total. The molecule has 20 heavy (non-hydrogen) atoms. The Morgan fingerprint density at radius 1 is 1.40 bits per heavy atom. The van der Waals surface area contributed by atoms with Gasteiger partial charge in [0.1, 0.15) is 5.54 Å². The minimum atomic E-state index is -1.21. The minimum absolute atomic E-state index is 0. The zero-order chi connectivity index (χ0) is 14.1. The summed E-state index contributed by atoms with van der Waals surface area (Å²) in [6, 6.07) is 11.8. The fourth-order valence-corrected chi connectivity index (χ4v) is 1.27. The molecule has 0 fully saturated rings. The molecule has 0 aliphatic heterocycles. The monoisotopic (exact) mass is 312 g/mol. The molecule has 1 unspecified atom stereocenters. The fraction of sp³-hybridized carbons (Fsp3) is 0.200. The Kier molecular flexibility index (Phi) is 8.26. The molecule has 0 amide bonds. The van der Waals surface area contributed by atoms with Crippen LogP contribution in [0.15, 0.2) is 66.1 Å². The summed E-state index contributed by atoms with van der Waals surface area (Å²) in [7, 11) is 0. The Morgan fingerprint density at radius 2 is 1.95 bits per heavy atom. The smallest absolute Gasteiger partial charge is 0.860 e. The molecule has 1 aromatic carbocycles. The van der Waals surface area contributed by atoms with Crippen molar-refractivity contribution in [3.8, 4) is 6.07 Å². The van der Waals surface area contributed by atoms with Crippen molar-refractivity contribution in [3.63, 3.8) is 0 Å². The van der Waals surface area contributed by atoms with E-state index in [9.17, 15) is 5.11 Å². The third-order valence-corrected chi connectivity index (χ3v) is 2.43. The molecule has 1 aliphatic rings. The van der Waals surface area contributed by atoms with Crippen LogP contribution < -0.4 is 10.4 Å². The van der Waals surface area contributed by atoms with E-state index in [0.29, 0.717) is 5.57 Å². The van der Waals surface area contributed by atoms with Crippen LogP contribution in [0, 0.1) is 11.3 Å². The van der Waals surface area contributed by atoms with Gasteiger partial charge in [0.15, 0.2) is 0 Å². The van der Waals surface area contributed by atoms with Crippen molar-refractivity contribution in [1.82, 2.24) is 5.32 Å². The molecule has 5 heteroatoms. The van der Waals surface area contributed by atoms with Crippen LogP contribution in [-0.4, -0.2) is 17.3 Å². The molecular formula is C15H16FeN2O2. The zero-order valence-corrected chi connectivity index (χ0v) is 12.2. The molecule has 0 aromatic heterocycles. The van der Waals surface area contributed by atoms with Crippen LogP contribution in [0.1, 0.15) is 6.92 Å². The van der Waals surface area contributed by atoms with Crippen LogP contribution in [0.2, 0.25) is 0 Å². The first-order valence-electron chi connectivity index (χ1n) is 5.84. The van der Waals surface area contributed by atoms with E-state index in [4.69, 9.17) is 10.4 Å². The van der Waals surface area contributed by atoms with Gasteiger partial charge in [-0.05, 0) is 18.4 Å². The molecule has 0 heterocycles. The zero-order valence-electron chi connectivity index (χ0n) is 11.1. The molecule has 2 rings (SSSR count). The van der Waals surface area contributed by atoms with Gasteiger partial charge in [0.2, 0.25) is 0 Å². The second kappa shape index (κ2) is 9.11. The molecular weight excluding hydrogens is 296 g/mol. The van der Waals surface area contributed by atoms with Crippen molar-refractivity contribution >= 4 is 0 Å². The third kappa shape index (κ3) is 5.85. The van der Waals surface area contributed by atoms with Crippen LogP contribution in [0.5, 0.6) is 0 Å². The second-order valence-corrected chi connectivity index (χ2v) is 4.19. The van der Waals surface area contributed by atoms with E-state index in [1.807, 2.05) is 36.4 Å². The quantitative estimate of drug-likeness (QED) is 0.495. The molecule has 106 valence electrons. The fourth-order valence-electron chi connectivity index (χ4n) is 1.27. The number of hydrogen-bond acceptors (Lipinski definition) is 4. The molecule has 0 saturated carbocycles. The number of nitrogens with zero attached hydrogens (tertiary/aromatic N) is 1. The number of aliphatic hydroxyl groups is 1. The number of allylic oxidation sites excluding steroid dienone is 5. The van der Waals surface area contributed by atoms with Crippen LogP contribution in [0.3, 0.4) is 0 Å². The van der Waals surface area contributed by atoms with Gasteiger partial charge in [-0.2, -0.15) is 23.5 Å². The van der Waals surface area contributed by atoms with E-state index in [1.54, 1.807) is 24.3 Å². The van der Waals surface area contributed by atoms with E-state index in [1.165, 1.54) is 6.92 Å². The van der Waals surface area contributed by atoms with Crippen LogP contribution in [-0.2, 0) is 17.1 Å². The molecule has 0 radical (unpaired) electrons. The third-order valence-electron chi connectivity index (χ3n) is 2.43. The average molecular weight is 312 g/mol. The predicted octanol–water partition coefficient (Wildman–Crippen LogP) is 0.951. The topological polar surface area (TPSA) is 79.1 Å². The maximum Gasteiger partial charge on any atom is 2.00 e. The van der Waals surface area contributed by atoms with Crippen LogP contribution >= 0.6 is 0 Å². The predicted molar refractivity (Wildman–Crippen MR) is 71.6 cm³/mol. The Morgan fingerprint density at radius 3 is 2.30 bits per heavy atom. The maximum absolute atomic E-state index is 11.5. The van der Waals surface area contributed by atoms with E-state index in [0.717, 1.165) is 0 Å². The summed E-state index contributed by atoms with van der Waals surface area (Å²) in [5.41, 5.74) is -0.728. The Balaban J connectivity index is 0.000000507. The first kappa shape index (κ1) is 18.1. The number of nitriles is 1. The number of nitrogens with one attached hydrogen (secondary N) is 1. The standard InChI is InChI=1S/C10H12N2O2.C5H5.Fe/c1-10(6-11,7-13)12-9(14)8-4-2-3-5-8;1-2-4-5-3-1;/h2-5,12-14H,7H2,1H3;1-5H;/q;-1;+2/p-1. The summed E-state index contributed by atoms with van der Waals surface area (Å²) in [5, 5.41) is 31.5. The normalized spacial score (nSPS) is 14.3. The molecule has 1 aliphatic carbocycles. The molecule has 4 nitrogen and oxygen atoms in total. The van der Waals surface area contributed by atoms with Crippen molar-refractivity contribution < 1.29 is 27.3 Å². The van der Waals surface area contributed by atoms with E-state index < -0.39 is 12.1 Å². The Bertz CT molecular complexity index is 481. The summed E-state index contributed by atoms with van der Waals surface area (Å²) >= 11 is 0. The molecule has 0 bridgehead atoms. The maximum atomic E-state index is 11.5. The van der Waals surface area contributed by atoms with Gasteiger partial charge in [-0.1, -0.05) is 24.3 Å². The summed E-state index contributed by atoms with van der Waals surface area (Å²) in [6.07, 6.45) is 6.75. The van der Waals surface area contributed by atoms with E-state index in [-0.39, 0.29) is 23.0 Å². The summed E-state index contributed by atoms with van der Waals surface area (Å²) in [4.78, 5) is 0. The van der Waals surface area contributed by atoms with Crippen LogP contribution in [0.25, 0.3) is 0 Å². The largest absolute Gasteiger partial charge is 2.00 e. The van der Waals surface area contributed by atoms with Crippen molar-refractivity contribution in [1.29, 1.82) is 5.26 Å². The van der Waals surface area contributed by atoms with Crippen LogP contribution in [0.4, 0.5) is 0 Å². The van der Waals surface area contributed by atoms with Crippen molar-refractivity contribution in [2.24, 2.45) is 0 Å².